The highest BCUT2D eigenvalue weighted by Gasteiger charge is 2.40. The van der Waals surface area contributed by atoms with E-state index in [4.69, 9.17) is 11.6 Å². The first kappa shape index (κ1) is 18.9. The Hall–Kier alpha value is -1.92. The molecule has 1 heterocycles. The summed E-state index contributed by atoms with van der Waals surface area (Å²) in [5.74, 6) is -0.401. The lowest BCUT2D eigenvalue weighted by Crippen LogP contribution is -2.56. The first-order valence-corrected chi connectivity index (χ1v) is 10.2. The molecule has 1 aliphatic rings. The third-order valence-electron chi connectivity index (χ3n) is 4.65. The summed E-state index contributed by atoms with van der Waals surface area (Å²) in [4.78, 5) is 14.0. The second-order valence-electron chi connectivity index (χ2n) is 6.50. The van der Waals surface area contributed by atoms with Crippen LogP contribution in [0.25, 0.3) is 0 Å². The molecule has 3 rings (SSSR count). The zero-order valence-corrected chi connectivity index (χ0v) is 15.9. The molecular formula is C19H19ClFNO3S. The number of carbonyl (C=O) groups is 1. The van der Waals surface area contributed by atoms with Crippen LogP contribution in [0.5, 0.6) is 0 Å². The summed E-state index contributed by atoms with van der Waals surface area (Å²) < 4.78 is 38.6. The average molecular weight is 396 g/mol. The lowest BCUT2D eigenvalue weighted by atomic mass is 10.1. The van der Waals surface area contributed by atoms with Gasteiger partial charge in [0, 0.05) is 24.5 Å². The van der Waals surface area contributed by atoms with Crippen molar-refractivity contribution in [2.24, 2.45) is 0 Å². The van der Waals surface area contributed by atoms with Gasteiger partial charge in [-0.3, -0.25) is 4.79 Å². The molecule has 4 nitrogen and oxygen atoms in total. The SMILES string of the molecule is Cc1ccc(CCC(=O)N2CC(S(=O)(=O)c3ccc(Cl)cc3)C2)cc1F. The topological polar surface area (TPSA) is 54.5 Å². The quantitative estimate of drug-likeness (QED) is 0.779. The van der Waals surface area contributed by atoms with Gasteiger partial charge in [-0.25, -0.2) is 12.8 Å². The number of benzene rings is 2. The fourth-order valence-electron chi connectivity index (χ4n) is 2.86. The van der Waals surface area contributed by atoms with Gasteiger partial charge in [0.05, 0.1) is 4.90 Å². The molecule has 7 heteroatoms. The normalized spacial score (nSPS) is 15.0. The number of hydrogen-bond acceptors (Lipinski definition) is 3. The summed E-state index contributed by atoms with van der Waals surface area (Å²) >= 11 is 5.79. The number of amides is 1. The lowest BCUT2D eigenvalue weighted by molar-refractivity contribution is -0.134. The second-order valence-corrected chi connectivity index (χ2v) is 9.17. The zero-order chi connectivity index (χ0) is 18.9. The maximum Gasteiger partial charge on any atom is 0.222 e. The number of rotatable bonds is 5. The largest absolute Gasteiger partial charge is 0.340 e. The van der Waals surface area contributed by atoms with Gasteiger partial charge < -0.3 is 4.90 Å². The summed E-state index contributed by atoms with van der Waals surface area (Å²) in [6, 6.07) is 11.0. The van der Waals surface area contributed by atoms with Crippen LogP contribution in [0.2, 0.25) is 5.02 Å². The van der Waals surface area contributed by atoms with Crippen molar-refractivity contribution in [2.45, 2.75) is 29.9 Å². The minimum absolute atomic E-state index is 0.117. The molecule has 2 aromatic carbocycles. The summed E-state index contributed by atoms with van der Waals surface area (Å²) in [5, 5.41) is -0.119. The van der Waals surface area contributed by atoms with Crippen LogP contribution in [0.1, 0.15) is 17.5 Å². The van der Waals surface area contributed by atoms with Gasteiger partial charge in [-0.2, -0.15) is 0 Å². The van der Waals surface area contributed by atoms with Crippen molar-refractivity contribution < 1.29 is 17.6 Å². The van der Waals surface area contributed by atoms with Crippen molar-refractivity contribution in [3.8, 4) is 0 Å². The van der Waals surface area contributed by atoms with Gasteiger partial charge in [0.15, 0.2) is 9.84 Å². The number of aryl methyl sites for hydroxylation is 2. The van der Waals surface area contributed by atoms with E-state index < -0.39 is 15.1 Å². The molecular weight excluding hydrogens is 377 g/mol. The van der Waals surface area contributed by atoms with E-state index in [0.717, 1.165) is 5.56 Å². The summed E-state index contributed by atoms with van der Waals surface area (Å²) in [5.41, 5.74) is 1.32. The van der Waals surface area contributed by atoms with E-state index in [9.17, 15) is 17.6 Å². The van der Waals surface area contributed by atoms with E-state index in [1.54, 1.807) is 19.1 Å². The fourth-order valence-corrected chi connectivity index (χ4v) is 4.63. The van der Waals surface area contributed by atoms with Crippen LogP contribution >= 0.6 is 11.6 Å². The molecule has 0 atom stereocenters. The van der Waals surface area contributed by atoms with E-state index in [0.29, 0.717) is 17.0 Å². The lowest BCUT2D eigenvalue weighted by Gasteiger charge is -2.38. The first-order valence-electron chi connectivity index (χ1n) is 8.29. The van der Waals surface area contributed by atoms with Crippen LogP contribution in [0.3, 0.4) is 0 Å². The monoisotopic (exact) mass is 395 g/mol. The molecule has 0 bridgehead atoms. The second kappa shape index (κ2) is 7.37. The van der Waals surface area contributed by atoms with Crippen molar-refractivity contribution in [3.05, 3.63) is 64.4 Å². The van der Waals surface area contributed by atoms with Crippen LogP contribution in [0.15, 0.2) is 47.4 Å². The summed E-state index contributed by atoms with van der Waals surface area (Å²) in [7, 11) is -3.47. The Kier molecular flexibility index (Phi) is 5.34. The molecule has 0 saturated carbocycles. The molecule has 1 saturated heterocycles. The highest BCUT2D eigenvalue weighted by molar-refractivity contribution is 7.92. The Morgan fingerprint density at radius 1 is 1.19 bits per heavy atom. The van der Waals surface area contributed by atoms with Crippen LogP contribution in [0.4, 0.5) is 4.39 Å². The Morgan fingerprint density at radius 3 is 2.46 bits per heavy atom. The van der Waals surface area contributed by atoms with E-state index >= 15 is 0 Å². The van der Waals surface area contributed by atoms with Crippen LogP contribution in [-0.4, -0.2) is 37.6 Å². The molecule has 1 aliphatic heterocycles. The van der Waals surface area contributed by atoms with Gasteiger partial charge in [0.1, 0.15) is 11.1 Å². The van der Waals surface area contributed by atoms with Crippen LogP contribution in [-0.2, 0) is 21.1 Å². The third-order valence-corrected chi connectivity index (χ3v) is 7.00. The Bertz CT molecular complexity index is 922. The van der Waals surface area contributed by atoms with Crippen LogP contribution < -0.4 is 0 Å². The molecule has 2 aromatic rings. The highest BCUT2D eigenvalue weighted by Crippen LogP contribution is 2.25. The summed E-state index contributed by atoms with van der Waals surface area (Å²) in [6.07, 6.45) is 0.664. The molecule has 0 aliphatic carbocycles. The van der Waals surface area contributed by atoms with Crippen molar-refractivity contribution in [2.75, 3.05) is 13.1 Å². The van der Waals surface area contributed by atoms with Gasteiger partial charge >= 0.3 is 0 Å². The number of likely N-dealkylation sites (tertiary alicyclic amines) is 1. The smallest absolute Gasteiger partial charge is 0.222 e. The molecule has 26 heavy (non-hydrogen) atoms. The standard InChI is InChI=1S/C19H19ClFNO3S/c1-13-2-3-14(10-18(13)21)4-9-19(23)22-11-17(12-22)26(24,25)16-7-5-15(20)6-8-16/h2-3,5-8,10,17H,4,9,11-12H2,1H3. The molecule has 138 valence electrons. The van der Waals surface area contributed by atoms with Crippen LogP contribution in [0, 0.1) is 12.7 Å². The summed E-state index contributed by atoms with van der Waals surface area (Å²) in [6.45, 7) is 2.06. The molecule has 0 spiro atoms. The third kappa shape index (κ3) is 3.91. The molecule has 1 amide bonds. The van der Waals surface area contributed by atoms with E-state index in [1.165, 1.54) is 35.2 Å². The number of sulfone groups is 1. The Labute approximate surface area is 157 Å². The minimum Gasteiger partial charge on any atom is -0.340 e. The van der Waals surface area contributed by atoms with E-state index in [-0.39, 0.29) is 36.1 Å². The Morgan fingerprint density at radius 2 is 1.85 bits per heavy atom. The van der Waals surface area contributed by atoms with E-state index in [1.807, 2.05) is 0 Å². The van der Waals surface area contributed by atoms with Gasteiger partial charge in [-0.05, 0) is 54.8 Å². The minimum atomic E-state index is -3.47. The van der Waals surface area contributed by atoms with Crippen molar-refractivity contribution in [1.29, 1.82) is 0 Å². The van der Waals surface area contributed by atoms with Gasteiger partial charge in [-0.15, -0.1) is 0 Å². The van der Waals surface area contributed by atoms with Gasteiger partial charge in [0.2, 0.25) is 5.91 Å². The predicted octanol–water partition coefficient (Wildman–Crippen LogP) is 3.40. The van der Waals surface area contributed by atoms with Gasteiger partial charge in [0.25, 0.3) is 0 Å². The first-order chi connectivity index (χ1) is 12.3. The number of nitrogens with zero attached hydrogens (tertiary/aromatic N) is 1. The maximum atomic E-state index is 13.5. The highest BCUT2D eigenvalue weighted by atomic mass is 35.5. The fraction of sp³-hybridized carbons (Fsp3) is 0.316. The van der Waals surface area contributed by atoms with E-state index in [2.05, 4.69) is 0 Å². The number of halogens is 2. The molecule has 0 radical (unpaired) electrons. The maximum absolute atomic E-state index is 13.5. The van der Waals surface area contributed by atoms with Gasteiger partial charge in [-0.1, -0.05) is 23.7 Å². The van der Waals surface area contributed by atoms with Crippen molar-refractivity contribution in [1.82, 2.24) is 4.90 Å². The number of hydrogen-bond donors (Lipinski definition) is 0. The Balaban J connectivity index is 1.54. The number of carbonyl (C=O) groups excluding carboxylic acids is 1. The predicted molar refractivity (Wildman–Crippen MR) is 98.5 cm³/mol. The zero-order valence-electron chi connectivity index (χ0n) is 14.3. The van der Waals surface area contributed by atoms with Crippen molar-refractivity contribution in [3.63, 3.8) is 0 Å². The molecule has 0 aromatic heterocycles. The van der Waals surface area contributed by atoms with Crippen molar-refractivity contribution >= 4 is 27.3 Å². The molecule has 1 fully saturated rings. The molecule has 0 unspecified atom stereocenters. The average Bonchev–Trinajstić information content (AvgIpc) is 2.54. The molecule has 0 N–H and O–H groups in total.